The fourth-order valence-corrected chi connectivity index (χ4v) is 4.03. The topological polar surface area (TPSA) is 73.5 Å². The van der Waals surface area contributed by atoms with Crippen molar-refractivity contribution in [1.29, 1.82) is 0 Å². The molecule has 3 aromatic rings. The number of hydrogen-bond acceptors (Lipinski definition) is 4. The molecule has 0 heterocycles. The number of thiocarbonyl (C=S) groups is 1. The summed E-state index contributed by atoms with van der Waals surface area (Å²) >= 11 is 5.39. The van der Waals surface area contributed by atoms with E-state index in [0.717, 1.165) is 30.8 Å². The lowest BCUT2D eigenvalue weighted by atomic mass is 9.90. The van der Waals surface area contributed by atoms with Gasteiger partial charge in [-0.1, -0.05) is 74.5 Å². The maximum Gasteiger partial charge on any atom is 0.251 e. The standard InChI is InChI=1S/C28H32N4O2S/c1-3-32(4-2)20-19-29-26(33)23-15-17-24(18-16-23)30-28(35)31-27(34)25(21-11-7-5-8-12-21)22-13-9-6-10-14-22/h5-18,25H,3-4,19-20H2,1-2H3,(H,29,33)(H2,30,31,34,35). The molecule has 0 aromatic heterocycles. The van der Waals surface area contributed by atoms with E-state index in [4.69, 9.17) is 12.2 Å². The minimum Gasteiger partial charge on any atom is -0.351 e. The van der Waals surface area contributed by atoms with Gasteiger partial charge in [0.25, 0.3) is 5.91 Å². The summed E-state index contributed by atoms with van der Waals surface area (Å²) in [4.78, 5) is 27.8. The van der Waals surface area contributed by atoms with Gasteiger partial charge in [0.15, 0.2) is 5.11 Å². The molecular formula is C28H32N4O2S. The molecule has 0 bridgehead atoms. The van der Waals surface area contributed by atoms with Crippen LogP contribution in [0.1, 0.15) is 41.3 Å². The lowest BCUT2D eigenvalue weighted by Gasteiger charge is -2.19. The number of carbonyl (C=O) groups excluding carboxylic acids is 2. The lowest BCUT2D eigenvalue weighted by Crippen LogP contribution is -2.37. The maximum atomic E-state index is 13.2. The number of benzene rings is 3. The Kier molecular flexibility index (Phi) is 9.95. The second kappa shape index (κ2) is 13.4. The molecule has 0 saturated heterocycles. The molecule has 6 nitrogen and oxygen atoms in total. The van der Waals surface area contributed by atoms with Crippen molar-refractivity contribution in [2.24, 2.45) is 0 Å². The number of nitrogens with zero attached hydrogens (tertiary/aromatic N) is 1. The van der Waals surface area contributed by atoms with Gasteiger partial charge in [0.2, 0.25) is 5.91 Å². The van der Waals surface area contributed by atoms with Gasteiger partial charge >= 0.3 is 0 Å². The molecule has 7 heteroatoms. The second-order valence-electron chi connectivity index (χ2n) is 8.06. The van der Waals surface area contributed by atoms with Gasteiger partial charge in [-0.15, -0.1) is 0 Å². The van der Waals surface area contributed by atoms with Gasteiger partial charge in [-0.05, 0) is 60.7 Å². The van der Waals surface area contributed by atoms with E-state index in [9.17, 15) is 9.59 Å². The van der Waals surface area contributed by atoms with Gasteiger partial charge in [0.05, 0.1) is 5.92 Å². The number of hydrogen-bond donors (Lipinski definition) is 3. The minimum atomic E-state index is -0.487. The first-order valence-electron chi connectivity index (χ1n) is 11.8. The predicted molar refractivity (Wildman–Crippen MR) is 146 cm³/mol. The van der Waals surface area contributed by atoms with E-state index in [0.29, 0.717) is 17.8 Å². The van der Waals surface area contributed by atoms with Gasteiger partial charge < -0.3 is 20.9 Å². The summed E-state index contributed by atoms with van der Waals surface area (Å²) in [6.07, 6.45) is 0. The van der Waals surface area contributed by atoms with Crippen molar-refractivity contribution < 1.29 is 9.59 Å². The molecule has 2 amide bonds. The quantitative estimate of drug-likeness (QED) is 0.369. The zero-order valence-corrected chi connectivity index (χ0v) is 21.0. The van der Waals surface area contributed by atoms with E-state index in [1.807, 2.05) is 60.7 Å². The smallest absolute Gasteiger partial charge is 0.251 e. The summed E-state index contributed by atoms with van der Waals surface area (Å²) in [7, 11) is 0. The van der Waals surface area contributed by atoms with Crippen molar-refractivity contribution in [1.82, 2.24) is 15.5 Å². The molecule has 0 aliphatic carbocycles. The Morgan fingerprint density at radius 2 is 1.37 bits per heavy atom. The van der Waals surface area contributed by atoms with Gasteiger partial charge in [-0.2, -0.15) is 0 Å². The van der Waals surface area contributed by atoms with Crippen molar-refractivity contribution in [3.8, 4) is 0 Å². The van der Waals surface area contributed by atoms with Crippen LogP contribution < -0.4 is 16.0 Å². The second-order valence-corrected chi connectivity index (χ2v) is 8.47. The number of carbonyl (C=O) groups is 2. The monoisotopic (exact) mass is 488 g/mol. The summed E-state index contributed by atoms with van der Waals surface area (Å²) < 4.78 is 0. The van der Waals surface area contributed by atoms with Gasteiger partial charge in [0, 0.05) is 24.3 Å². The molecule has 0 aliphatic rings. The molecule has 0 radical (unpaired) electrons. The normalized spacial score (nSPS) is 10.7. The first-order chi connectivity index (χ1) is 17.0. The third kappa shape index (κ3) is 7.73. The Labute approximate surface area is 212 Å². The first-order valence-corrected chi connectivity index (χ1v) is 12.2. The summed E-state index contributed by atoms with van der Waals surface area (Å²) in [5.74, 6) is -0.822. The summed E-state index contributed by atoms with van der Waals surface area (Å²) in [6, 6.07) is 26.2. The van der Waals surface area contributed by atoms with E-state index in [-0.39, 0.29) is 16.9 Å². The molecule has 0 atom stereocenters. The summed E-state index contributed by atoms with van der Waals surface area (Å²) in [6.45, 7) is 7.54. The van der Waals surface area contributed by atoms with E-state index in [2.05, 4.69) is 34.7 Å². The van der Waals surface area contributed by atoms with E-state index in [1.54, 1.807) is 24.3 Å². The maximum absolute atomic E-state index is 13.2. The fraction of sp³-hybridized carbons (Fsp3) is 0.250. The van der Waals surface area contributed by atoms with Crippen LogP contribution >= 0.6 is 12.2 Å². The molecule has 0 spiro atoms. The van der Waals surface area contributed by atoms with Crippen molar-refractivity contribution in [3.05, 3.63) is 102 Å². The zero-order valence-electron chi connectivity index (χ0n) is 20.2. The molecule has 0 saturated carbocycles. The van der Waals surface area contributed by atoms with Crippen LogP contribution in [0.25, 0.3) is 0 Å². The number of anilines is 1. The lowest BCUT2D eigenvalue weighted by molar-refractivity contribution is -0.120. The number of amides is 2. The van der Waals surface area contributed by atoms with E-state index >= 15 is 0 Å². The average Bonchev–Trinajstić information content (AvgIpc) is 2.88. The van der Waals surface area contributed by atoms with Crippen LogP contribution in [0.4, 0.5) is 5.69 Å². The molecule has 3 N–H and O–H groups in total. The van der Waals surface area contributed by atoms with Crippen LogP contribution in [0, 0.1) is 0 Å². The van der Waals surface area contributed by atoms with Crippen LogP contribution in [0.2, 0.25) is 0 Å². The highest BCUT2D eigenvalue weighted by atomic mass is 32.1. The Bertz CT molecular complexity index is 1060. The first kappa shape index (κ1) is 26.1. The predicted octanol–water partition coefficient (Wildman–Crippen LogP) is 4.40. The third-order valence-electron chi connectivity index (χ3n) is 5.78. The van der Waals surface area contributed by atoms with Crippen LogP contribution in [-0.2, 0) is 4.79 Å². The van der Waals surface area contributed by atoms with Crippen LogP contribution in [0.15, 0.2) is 84.9 Å². The molecule has 3 rings (SSSR count). The molecule has 182 valence electrons. The number of rotatable bonds is 10. The Balaban J connectivity index is 1.58. The van der Waals surface area contributed by atoms with Gasteiger partial charge in [-0.3, -0.25) is 9.59 Å². The third-order valence-corrected chi connectivity index (χ3v) is 5.98. The largest absolute Gasteiger partial charge is 0.351 e. The molecule has 35 heavy (non-hydrogen) atoms. The van der Waals surface area contributed by atoms with Crippen molar-refractivity contribution >= 4 is 34.8 Å². The molecular weight excluding hydrogens is 456 g/mol. The Hall–Kier alpha value is -3.55. The summed E-state index contributed by atoms with van der Waals surface area (Å²) in [5.41, 5.74) is 3.02. The van der Waals surface area contributed by atoms with Crippen LogP contribution in [0.5, 0.6) is 0 Å². The van der Waals surface area contributed by atoms with Crippen LogP contribution in [-0.4, -0.2) is 48.0 Å². The van der Waals surface area contributed by atoms with Crippen molar-refractivity contribution in [3.63, 3.8) is 0 Å². The Morgan fingerprint density at radius 1 is 0.829 bits per heavy atom. The molecule has 0 unspecified atom stereocenters. The SMILES string of the molecule is CCN(CC)CCNC(=O)c1ccc(NC(=S)NC(=O)C(c2ccccc2)c2ccccc2)cc1. The highest BCUT2D eigenvalue weighted by Gasteiger charge is 2.23. The highest BCUT2D eigenvalue weighted by molar-refractivity contribution is 7.80. The highest BCUT2D eigenvalue weighted by Crippen LogP contribution is 2.24. The van der Waals surface area contributed by atoms with E-state index in [1.165, 1.54) is 0 Å². The fourth-order valence-electron chi connectivity index (χ4n) is 3.81. The molecule has 0 aliphatic heterocycles. The molecule has 3 aromatic carbocycles. The summed E-state index contributed by atoms with van der Waals surface area (Å²) in [5, 5.41) is 8.98. The average molecular weight is 489 g/mol. The van der Waals surface area contributed by atoms with Gasteiger partial charge in [-0.25, -0.2) is 0 Å². The van der Waals surface area contributed by atoms with E-state index < -0.39 is 5.92 Å². The van der Waals surface area contributed by atoms with Crippen LogP contribution in [0.3, 0.4) is 0 Å². The number of nitrogens with one attached hydrogen (secondary N) is 3. The minimum absolute atomic E-state index is 0.117. The van der Waals surface area contributed by atoms with Gasteiger partial charge in [0.1, 0.15) is 0 Å². The number of likely N-dealkylation sites (N-methyl/N-ethyl adjacent to an activating group) is 1. The van der Waals surface area contributed by atoms with Crippen molar-refractivity contribution in [2.75, 3.05) is 31.5 Å². The zero-order chi connectivity index (χ0) is 25.0. The van der Waals surface area contributed by atoms with Crippen molar-refractivity contribution in [2.45, 2.75) is 19.8 Å². The Morgan fingerprint density at radius 3 is 1.89 bits per heavy atom. The molecule has 0 fully saturated rings.